The summed E-state index contributed by atoms with van der Waals surface area (Å²) < 4.78 is 1.95. The third-order valence-corrected chi connectivity index (χ3v) is 4.14. The quantitative estimate of drug-likeness (QED) is 0.559. The summed E-state index contributed by atoms with van der Waals surface area (Å²) in [5.41, 5.74) is 6.54. The van der Waals surface area contributed by atoms with Crippen LogP contribution in [0, 0.1) is 6.92 Å². The maximum atomic E-state index is 4.71. The number of aryl methyl sites for hydroxylation is 1. The zero-order chi connectivity index (χ0) is 17.1. The molecular formula is C21H18N4. The van der Waals surface area contributed by atoms with Crippen LogP contribution in [0.1, 0.15) is 11.3 Å². The Hall–Kier alpha value is -3.27. The Bertz CT molecular complexity index is 972. The molecule has 0 saturated heterocycles. The van der Waals surface area contributed by atoms with Crippen molar-refractivity contribution in [1.29, 1.82) is 0 Å². The van der Waals surface area contributed by atoms with Crippen molar-refractivity contribution < 1.29 is 0 Å². The first kappa shape index (κ1) is 15.3. The fraction of sp³-hybridized carbons (Fsp3) is 0.0952. The maximum Gasteiger partial charge on any atom is 0.0923 e. The second-order valence-corrected chi connectivity index (χ2v) is 6.02. The molecule has 4 nitrogen and oxygen atoms in total. The Labute approximate surface area is 146 Å². The molecule has 1 aromatic carbocycles. The van der Waals surface area contributed by atoms with Crippen LogP contribution in [0.4, 0.5) is 0 Å². The van der Waals surface area contributed by atoms with Crippen LogP contribution >= 0.6 is 0 Å². The minimum Gasteiger partial charge on any atom is -0.268 e. The van der Waals surface area contributed by atoms with E-state index in [1.165, 1.54) is 5.56 Å². The van der Waals surface area contributed by atoms with E-state index in [1.54, 1.807) is 12.4 Å². The van der Waals surface area contributed by atoms with E-state index in [9.17, 15) is 0 Å². The summed E-state index contributed by atoms with van der Waals surface area (Å²) in [5.74, 6) is 0. The van der Waals surface area contributed by atoms with Gasteiger partial charge in [-0.1, -0.05) is 24.3 Å². The molecule has 3 heterocycles. The number of hydrogen-bond donors (Lipinski definition) is 0. The van der Waals surface area contributed by atoms with E-state index in [2.05, 4.69) is 40.3 Å². The van der Waals surface area contributed by atoms with E-state index < -0.39 is 0 Å². The fourth-order valence-corrected chi connectivity index (χ4v) is 2.78. The van der Waals surface area contributed by atoms with Gasteiger partial charge < -0.3 is 0 Å². The van der Waals surface area contributed by atoms with Crippen LogP contribution in [0.15, 0.2) is 79.4 Å². The summed E-state index contributed by atoms with van der Waals surface area (Å²) in [5, 5.41) is 4.71. The van der Waals surface area contributed by atoms with Crippen molar-refractivity contribution in [2.45, 2.75) is 13.5 Å². The number of pyridine rings is 2. The predicted octanol–water partition coefficient (Wildman–Crippen LogP) is 4.36. The normalized spacial score (nSPS) is 10.8. The highest BCUT2D eigenvalue weighted by atomic mass is 15.3. The van der Waals surface area contributed by atoms with Crippen LogP contribution < -0.4 is 0 Å². The van der Waals surface area contributed by atoms with Crippen LogP contribution in [0.5, 0.6) is 0 Å². The first-order valence-electron chi connectivity index (χ1n) is 8.24. The maximum absolute atomic E-state index is 4.71. The lowest BCUT2D eigenvalue weighted by atomic mass is 10.0. The molecule has 4 heteroatoms. The van der Waals surface area contributed by atoms with E-state index in [0.717, 1.165) is 34.6 Å². The highest BCUT2D eigenvalue weighted by Gasteiger charge is 2.05. The van der Waals surface area contributed by atoms with E-state index in [4.69, 9.17) is 5.10 Å². The molecular weight excluding hydrogens is 308 g/mol. The molecule has 0 amide bonds. The first-order chi connectivity index (χ1) is 12.3. The Morgan fingerprint density at radius 3 is 2.52 bits per heavy atom. The fourth-order valence-electron chi connectivity index (χ4n) is 2.78. The molecule has 0 aliphatic rings. The smallest absolute Gasteiger partial charge is 0.0923 e. The lowest BCUT2D eigenvalue weighted by Gasteiger charge is -2.05. The van der Waals surface area contributed by atoms with Gasteiger partial charge in [0.25, 0.3) is 0 Å². The molecule has 0 aliphatic heterocycles. The van der Waals surface area contributed by atoms with E-state index >= 15 is 0 Å². The molecule has 3 aromatic heterocycles. The first-order valence-corrected chi connectivity index (χ1v) is 8.24. The average Bonchev–Trinajstić information content (AvgIpc) is 3.12. The number of benzene rings is 1. The van der Waals surface area contributed by atoms with E-state index in [1.807, 2.05) is 48.3 Å². The third-order valence-electron chi connectivity index (χ3n) is 4.14. The molecule has 4 aromatic rings. The van der Waals surface area contributed by atoms with Gasteiger partial charge in [0.1, 0.15) is 0 Å². The van der Waals surface area contributed by atoms with Crippen LogP contribution in [0.2, 0.25) is 0 Å². The minimum absolute atomic E-state index is 0.740. The zero-order valence-corrected chi connectivity index (χ0v) is 14.0. The summed E-state index contributed by atoms with van der Waals surface area (Å²) in [7, 11) is 0. The molecule has 0 atom stereocenters. The summed E-state index contributed by atoms with van der Waals surface area (Å²) in [4.78, 5) is 8.43. The summed E-state index contributed by atoms with van der Waals surface area (Å²) in [6, 6.07) is 18.6. The van der Waals surface area contributed by atoms with Crippen molar-refractivity contribution >= 4 is 0 Å². The zero-order valence-electron chi connectivity index (χ0n) is 14.0. The van der Waals surface area contributed by atoms with Crippen LogP contribution in [0.25, 0.3) is 22.4 Å². The second-order valence-electron chi connectivity index (χ2n) is 6.02. The predicted molar refractivity (Wildman–Crippen MR) is 99.0 cm³/mol. The molecule has 0 fully saturated rings. The number of hydrogen-bond acceptors (Lipinski definition) is 3. The topological polar surface area (TPSA) is 43.6 Å². The van der Waals surface area contributed by atoms with Gasteiger partial charge in [0.15, 0.2) is 0 Å². The van der Waals surface area contributed by atoms with Gasteiger partial charge in [0, 0.05) is 41.6 Å². The van der Waals surface area contributed by atoms with Gasteiger partial charge in [-0.05, 0) is 48.4 Å². The van der Waals surface area contributed by atoms with Crippen molar-refractivity contribution in [3.63, 3.8) is 0 Å². The SMILES string of the molecule is Cc1ccc(-c2cccc(-c3ccn(Cc4ccncc4)n3)c2)cn1. The standard InChI is InChI=1S/C21H18N4/c1-16-5-6-20(14-23-16)18-3-2-4-19(13-18)21-9-12-25(24-21)15-17-7-10-22-11-8-17/h2-14H,15H2,1H3. The lowest BCUT2D eigenvalue weighted by Crippen LogP contribution is -2.00. The molecule has 0 spiro atoms. The van der Waals surface area contributed by atoms with Crippen molar-refractivity contribution in [3.05, 3.63) is 90.6 Å². The van der Waals surface area contributed by atoms with Gasteiger partial charge >= 0.3 is 0 Å². The van der Waals surface area contributed by atoms with Gasteiger partial charge in [-0.3, -0.25) is 14.6 Å². The second kappa shape index (κ2) is 6.69. The molecule has 0 unspecified atom stereocenters. The molecule has 0 aliphatic carbocycles. The van der Waals surface area contributed by atoms with Gasteiger partial charge in [-0.2, -0.15) is 5.10 Å². The molecule has 0 bridgehead atoms. The number of nitrogens with zero attached hydrogens (tertiary/aromatic N) is 4. The lowest BCUT2D eigenvalue weighted by molar-refractivity contribution is 0.688. The third kappa shape index (κ3) is 3.48. The summed E-state index contributed by atoms with van der Waals surface area (Å²) >= 11 is 0. The van der Waals surface area contributed by atoms with Crippen LogP contribution in [-0.4, -0.2) is 19.7 Å². The Morgan fingerprint density at radius 2 is 1.72 bits per heavy atom. The molecule has 0 saturated carbocycles. The molecule has 0 N–H and O–H groups in total. The minimum atomic E-state index is 0.740. The highest BCUT2D eigenvalue weighted by Crippen LogP contribution is 2.25. The van der Waals surface area contributed by atoms with Crippen molar-refractivity contribution in [2.24, 2.45) is 0 Å². The Balaban J connectivity index is 1.60. The van der Waals surface area contributed by atoms with E-state index in [0.29, 0.717) is 0 Å². The number of aromatic nitrogens is 4. The monoisotopic (exact) mass is 326 g/mol. The Morgan fingerprint density at radius 1 is 0.880 bits per heavy atom. The largest absolute Gasteiger partial charge is 0.268 e. The average molecular weight is 326 g/mol. The van der Waals surface area contributed by atoms with Gasteiger partial charge in [0.2, 0.25) is 0 Å². The van der Waals surface area contributed by atoms with Crippen LogP contribution in [-0.2, 0) is 6.54 Å². The van der Waals surface area contributed by atoms with Crippen molar-refractivity contribution in [3.8, 4) is 22.4 Å². The van der Waals surface area contributed by atoms with E-state index in [-0.39, 0.29) is 0 Å². The highest BCUT2D eigenvalue weighted by molar-refractivity contribution is 5.70. The summed E-state index contributed by atoms with van der Waals surface area (Å²) in [6.07, 6.45) is 7.53. The molecule has 4 rings (SSSR count). The molecule has 25 heavy (non-hydrogen) atoms. The summed E-state index contributed by atoms with van der Waals surface area (Å²) in [6.45, 7) is 2.74. The van der Waals surface area contributed by atoms with Gasteiger partial charge in [-0.15, -0.1) is 0 Å². The van der Waals surface area contributed by atoms with Crippen molar-refractivity contribution in [1.82, 2.24) is 19.7 Å². The Kier molecular flexibility index (Phi) is 4.09. The van der Waals surface area contributed by atoms with Crippen molar-refractivity contribution in [2.75, 3.05) is 0 Å². The van der Waals surface area contributed by atoms with Gasteiger partial charge in [0.05, 0.1) is 12.2 Å². The molecule has 122 valence electrons. The van der Waals surface area contributed by atoms with Crippen LogP contribution in [0.3, 0.4) is 0 Å². The number of rotatable bonds is 4. The molecule has 0 radical (unpaired) electrons. The van der Waals surface area contributed by atoms with Gasteiger partial charge in [-0.25, -0.2) is 0 Å².